The molecular weight excluding hydrogens is 332 g/mol. The first kappa shape index (κ1) is 16.2. The smallest absolute Gasteiger partial charge is 0.356 e. The number of hydrogen-bond donors (Lipinski definition) is 3. The molecule has 0 amide bonds. The van der Waals surface area contributed by atoms with Gasteiger partial charge < -0.3 is 10.8 Å². The molecule has 7 nitrogen and oxygen atoms in total. The third-order valence-electron chi connectivity index (χ3n) is 2.79. The molecule has 0 aliphatic heterocycles. The Morgan fingerprint density at radius 3 is 2.36 bits per heavy atom. The number of aromatic carboxylic acids is 1. The lowest BCUT2D eigenvalue weighted by atomic mass is 10.1. The fourth-order valence-electron chi connectivity index (χ4n) is 1.82. The summed E-state index contributed by atoms with van der Waals surface area (Å²) in [6.45, 7) is 0. The standard InChI is InChI=1S/C13H11ClN2O5S/c14-11-9(15)5-10(16-12(11)13(17)18)8-3-1-7(2-4-8)6-22(19,20)21/h1-5H,6H2,(H2,15,16)(H,17,18)(H,19,20,21). The molecule has 1 heterocycles. The highest BCUT2D eigenvalue weighted by molar-refractivity contribution is 7.85. The van der Waals surface area contributed by atoms with Crippen LogP contribution in [0, 0.1) is 0 Å². The maximum Gasteiger partial charge on any atom is 0.356 e. The van der Waals surface area contributed by atoms with E-state index in [1.54, 1.807) is 12.1 Å². The lowest BCUT2D eigenvalue weighted by molar-refractivity contribution is 0.0691. The first-order chi connectivity index (χ1) is 10.2. The van der Waals surface area contributed by atoms with Crippen LogP contribution in [-0.4, -0.2) is 29.0 Å². The van der Waals surface area contributed by atoms with E-state index in [4.69, 9.17) is 27.0 Å². The normalized spacial score (nSPS) is 11.4. The van der Waals surface area contributed by atoms with E-state index in [9.17, 15) is 13.2 Å². The molecule has 9 heteroatoms. The van der Waals surface area contributed by atoms with Crippen molar-refractivity contribution in [1.29, 1.82) is 0 Å². The summed E-state index contributed by atoms with van der Waals surface area (Å²) >= 11 is 5.78. The van der Waals surface area contributed by atoms with Gasteiger partial charge in [-0.2, -0.15) is 8.42 Å². The van der Waals surface area contributed by atoms with Gasteiger partial charge in [-0.3, -0.25) is 4.55 Å². The summed E-state index contributed by atoms with van der Waals surface area (Å²) in [5, 5.41) is 8.90. The summed E-state index contributed by atoms with van der Waals surface area (Å²) in [5.74, 6) is -1.81. The SMILES string of the molecule is Nc1cc(-c2ccc(CS(=O)(=O)O)cc2)nc(C(=O)O)c1Cl. The number of carboxylic acid groups (broad SMARTS) is 1. The number of anilines is 1. The van der Waals surface area contributed by atoms with Crippen LogP contribution in [0.3, 0.4) is 0 Å². The minimum absolute atomic E-state index is 0.0751. The Morgan fingerprint density at radius 1 is 1.27 bits per heavy atom. The summed E-state index contributed by atoms with van der Waals surface area (Å²) in [5.41, 5.74) is 6.58. The van der Waals surface area contributed by atoms with Crippen LogP contribution in [0.1, 0.15) is 16.1 Å². The maximum atomic E-state index is 11.1. The van der Waals surface area contributed by atoms with Gasteiger partial charge in [-0.15, -0.1) is 0 Å². The first-order valence-corrected chi connectivity index (χ1v) is 7.90. The second kappa shape index (κ2) is 5.91. The van der Waals surface area contributed by atoms with Crippen LogP contribution in [0.25, 0.3) is 11.3 Å². The van der Waals surface area contributed by atoms with Crippen LogP contribution in [0.4, 0.5) is 5.69 Å². The van der Waals surface area contributed by atoms with E-state index in [-0.39, 0.29) is 22.1 Å². The maximum absolute atomic E-state index is 11.1. The van der Waals surface area contributed by atoms with Crippen molar-refractivity contribution >= 4 is 33.4 Å². The van der Waals surface area contributed by atoms with E-state index in [2.05, 4.69) is 4.98 Å². The fraction of sp³-hybridized carbons (Fsp3) is 0.0769. The van der Waals surface area contributed by atoms with Gasteiger partial charge in [0, 0.05) is 5.56 Å². The third-order valence-corrected chi connectivity index (χ3v) is 3.88. The average molecular weight is 343 g/mol. The number of aromatic nitrogens is 1. The summed E-state index contributed by atoms with van der Waals surface area (Å²) in [6.07, 6.45) is 0. The number of nitrogen functional groups attached to an aromatic ring is 1. The van der Waals surface area contributed by atoms with Crippen LogP contribution >= 0.6 is 11.6 Å². The molecule has 0 aliphatic carbocycles. The average Bonchev–Trinajstić information content (AvgIpc) is 2.40. The molecule has 22 heavy (non-hydrogen) atoms. The second-order valence-corrected chi connectivity index (χ2v) is 6.32. The number of hydrogen-bond acceptors (Lipinski definition) is 5. The van der Waals surface area contributed by atoms with Crippen molar-refractivity contribution in [2.24, 2.45) is 0 Å². The quantitative estimate of drug-likeness (QED) is 0.725. The van der Waals surface area contributed by atoms with Crippen molar-refractivity contribution in [1.82, 2.24) is 4.98 Å². The number of nitrogens with two attached hydrogens (primary N) is 1. The molecule has 0 spiro atoms. The first-order valence-electron chi connectivity index (χ1n) is 5.91. The van der Waals surface area contributed by atoms with E-state index in [1.807, 2.05) is 0 Å². The number of pyridine rings is 1. The Hall–Kier alpha value is -2.16. The van der Waals surface area contributed by atoms with Crippen molar-refractivity contribution < 1.29 is 22.9 Å². The van der Waals surface area contributed by atoms with Gasteiger partial charge in [-0.1, -0.05) is 35.9 Å². The zero-order valence-electron chi connectivity index (χ0n) is 11.0. The molecule has 0 unspecified atom stereocenters. The van der Waals surface area contributed by atoms with Crippen LogP contribution in [-0.2, 0) is 15.9 Å². The van der Waals surface area contributed by atoms with E-state index in [0.717, 1.165) is 0 Å². The lowest BCUT2D eigenvalue weighted by Crippen LogP contribution is -2.05. The lowest BCUT2D eigenvalue weighted by Gasteiger charge is -2.07. The number of carbonyl (C=O) groups is 1. The highest BCUT2D eigenvalue weighted by atomic mass is 35.5. The van der Waals surface area contributed by atoms with Crippen molar-refractivity contribution in [2.75, 3.05) is 5.73 Å². The molecule has 0 saturated heterocycles. The number of halogens is 1. The molecule has 1 aromatic carbocycles. The van der Waals surface area contributed by atoms with Crippen molar-refractivity contribution in [3.05, 3.63) is 46.6 Å². The molecule has 116 valence electrons. The van der Waals surface area contributed by atoms with Gasteiger partial charge in [0.1, 0.15) is 5.75 Å². The molecule has 0 fully saturated rings. The molecular formula is C13H11ClN2O5S. The molecule has 1 aromatic heterocycles. The van der Waals surface area contributed by atoms with Crippen molar-refractivity contribution in [3.8, 4) is 11.3 Å². The minimum atomic E-state index is -4.12. The van der Waals surface area contributed by atoms with Gasteiger partial charge in [0.05, 0.1) is 16.4 Å². The molecule has 0 radical (unpaired) electrons. The van der Waals surface area contributed by atoms with Gasteiger partial charge >= 0.3 is 5.97 Å². The van der Waals surface area contributed by atoms with E-state index in [0.29, 0.717) is 11.1 Å². The Balaban J connectivity index is 2.42. The Bertz CT molecular complexity index is 834. The molecule has 0 saturated carbocycles. The predicted molar refractivity (Wildman–Crippen MR) is 81.3 cm³/mol. The molecule has 0 bridgehead atoms. The molecule has 4 N–H and O–H groups in total. The zero-order chi connectivity index (χ0) is 16.5. The van der Waals surface area contributed by atoms with Crippen molar-refractivity contribution in [3.63, 3.8) is 0 Å². The number of carboxylic acids is 1. The molecule has 2 rings (SSSR count). The summed E-state index contributed by atoms with van der Waals surface area (Å²) < 4.78 is 30.4. The zero-order valence-corrected chi connectivity index (χ0v) is 12.6. The van der Waals surface area contributed by atoms with Gasteiger partial charge in [0.25, 0.3) is 10.1 Å². The fourth-order valence-corrected chi connectivity index (χ4v) is 2.61. The molecule has 0 aliphatic rings. The predicted octanol–water partition coefficient (Wildman–Crippen LogP) is 2.07. The second-order valence-electron chi connectivity index (χ2n) is 4.49. The summed E-state index contributed by atoms with van der Waals surface area (Å²) in [4.78, 5) is 15.0. The Kier molecular flexibility index (Phi) is 4.36. The highest BCUT2D eigenvalue weighted by Gasteiger charge is 2.16. The number of benzene rings is 1. The summed E-state index contributed by atoms with van der Waals surface area (Å²) in [6, 6.07) is 7.47. The number of nitrogens with zero attached hydrogens (tertiary/aromatic N) is 1. The van der Waals surface area contributed by atoms with Gasteiger partial charge in [-0.25, -0.2) is 9.78 Å². The van der Waals surface area contributed by atoms with E-state index in [1.165, 1.54) is 18.2 Å². The Labute approximate surface area is 131 Å². The third kappa shape index (κ3) is 3.73. The highest BCUT2D eigenvalue weighted by Crippen LogP contribution is 2.28. The van der Waals surface area contributed by atoms with E-state index >= 15 is 0 Å². The van der Waals surface area contributed by atoms with Gasteiger partial charge in [0.15, 0.2) is 5.69 Å². The van der Waals surface area contributed by atoms with Crippen LogP contribution in [0.5, 0.6) is 0 Å². The summed E-state index contributed by atoms with van der Waals surface area (Å²) in [7, 11) is -4.12. The van der Waals surface area contributed by atoms with E-state index < -0.39 is 21.8 Å². The molecule has 2 aromatic rings. The monoisotopic (exact) mass is 342 g/mol. The van der Waals surface area contributed by atoms with Crippen LogP contribution in [0.2, 0.25) is 5.02 Å². The van der Waals surface area contributed by atoms with Gasteiger partial charge in [-0.05, 0) is 11.6 Å². The Morgan fingerprint density at radius 2 is 1.86 bits per heavy atom. The largest absolute Gasteiger partial charge is 0.476 e. The van der Waals surface area contributed by atoms with Crippen molar-refractivity contribution in [2.45, 2.75) is 5.75 Å². The number of rotatable bonds is 4. The van der Waals surface area contributed by atoms with Crippen LogP contribution < -0.4 is 5.73 Å². The minimum Gasteiger partial charge on any atom is -0.476 e. The van der Waals surface area contributed by atoms with Crippen LogP contribution in [0.15, 0.2) is 30.3 Å². The molecule has 0 atom stereocenters. The van der Waals surface area contributed by atoms with Gasteiger partial charge in [0.2, 0.25) is 0 Å². The topological polar surface area (TPSA) is 131 Å².